The molecule has 1 atom stereocenters. The summed E-state index contributed by atoms with van der Waals surface area (Å²) in [6, 6.07) is 10.5. The van der Waals surface area contributed by atoms with Crippen LogP contribution in [-0.2, 0) is 26.4 Å². The molecule has 1 aliphatic carbocycles. The van der Waals surface area contributed by atoms with E-state index in [1.807, 2.05) is 18.2 Å². The number of nitrogens with one attached hydrogen (secondary N) is 1. The number of aryl methyl sites for hydroxylation is 3. The number of hydrogen-bond acceptors (Lipinski definition) is 5. The third-order valence-electron chi connectivity index (χ3n) is 6.90. The highest BCUT2D eigenvalue weighted by molar-refractivity contribution is 5.78. The SMILES string of the molecule is Cn1c(NCC2CCCCN2CCn2nc3c(cc2=O)CCCC3)nc2ccccc21. The number of fused-ring (bicyclic) bond motifs is 2. The van der Waals surface area contributed by atoms with Crippen molar-refractivity contribution in [3.8, 4) is 0 Å². The molecule has 1 saturated heterocycles. The Bertz CT molecular complexity index is 1120. The lowest BCUT2D eigenvalue weighted by Crippen LogP contribution is -2.46. The molecule has 31 heavy (non-hydrogen) atoms. The minimum absolute atomic E-state index is 0.0482. The van der Waals surface area contributed by atoms with E-state index in [2.05, 4.69) is 34.0 Å². The smallest absolute Gasteiger partial charge is 0.267 e. The van der Waals surface area contributed by atoms with E-state index in [-0.39, 0.29) is 5.56 Å². The molecular formula is C24H32N6O. The summed E-state index contributed by atoms with van der Waals surface area (Å²) in [5.74, 6) is 0.916. The van der Waals surface area contributed by atoms with Gasteiger partial charge in [-0.25, -0.2) is 9.67 Å². The molecular weight excluding hydrogens is 388 g/mol. The van der Waals surface area contributed by atoms with Gasteiger partial charge in [0.05, 0.1) is 23.3 Å². The van der Waals surface area contributed by atoms with Crippen LogP contribution in [0.1, 0.15) is 43.4 Å². The highest BCUT2D eigenvalue weighted by Gasteiger charge is 2.23. The second kappa shape index (κ2) is 8.83. The van der Waals surface area contributed by atoms with Gasteiger partial charge in [-0.2, -0.15) is 5.10 Å². The number of hydrogen-bond donors (Lipinski definition) is 1. The van der Waals surface area contributed by atoms with Crippen LogP contribution in [0.5, 0.6) is 0 Å². The number of piperidine rings is 1. The van der Waals surface area contributed by atoms with E-state index in [1.165, 1.54) is 32.1 Å². The molecule has 0 amide bonds. The first-order valence-corrected chi connectivity index (χ1v) is 11.7. The van der Waals surface area contributed by atoms with E-state index >= 15 is 0 Å². The van der Waals surface area contributed by atoms with Crippen LogP contribution >= 0.6 is 0 Å². The predicted octanol–water partition coefficient (Wildman–Crippen LogP) is 2.98. The molecule has 3 aromatic rings. The highest BCUT2D eigenvalue weighted by Crippen LogP contribution is 2.21. The summed E-state index contributed by atoms with van der Waals surface area (Å²) in [5, 5.41) is 8.28. The van der Waals surface area contributed by atoms with Gasteiger partial charge >= 0.3 is 0 Å². The summed E-state index contributed by atoms with van der Waals surface area (Å²) in [6.07, 6.45) is 8.00. The first kappa shape index (κ1) is 20.2. The van der Waals surface area contributed by atoms with E-state index < -0.39 is 0 Å². The zero-order valence-corrected chi connectivity index (χ0v) is 18.4. The third-order valence-corrected chi connectivity index (χ3v) is 6.90. The Kier molecular flexibility index (Phi) is 5.76. The van der Waals surface area contributed by atoms with Crippen LogP contribution in [0.3, 0.4) is 0 Å². The van der Waals surface area contributed by atoms with Gasteiger partial charge in [0.25, 0.3) is 5.56 Å². The van der Waals surface area contributed by atoms with E-state index in [0.717, 1.165) is 60.7 Å². The zero-order chi connectivity index (χ0) is 21.2. The van der Waals surface area contributed by atoms with Gasteiger partial charge in [-0.15, -0.1) is 0 Å². The molecule has 0 spiro atoms. The molecule has 0 radical (unpaired) electrons. The van der Waals surface area contributed by atoms with Crippen molar-refractivity contribution in [1.82, 2.24) is 24.2 Å². The second-order valence-corrected chi connectivity index (χ2v) is 8.93. The maximum atomic E-state index is 12.5. The topological polar surface area (TPSA) is 68.0 Å². The Morgan fingerprint density at radius 2 is 1.97 bits per heavy atom. The lowest BCUT2D eigenvalue weighted by atomic mass is 9.97. The van der Waals surface area contributed by atoms with Crippen molar-refractivity contribution in [2.75, 3.05) is 25.0 Å². The summed E-state index contributed by atoms with van der Waals surface area (Å²) in [5.41, 5.74) is 4.50. The van der Waals surface area contributed by atoms with Crippen LogP contribution < -0.4 is 10.9 Å². The van der Waals surface area contributed by atoms with Crippen LogP contribution in [0.25, 0.3) is 11.0 Å². The molecule has 1 unspecified atom stereocenters. The molecule has 1 fully saturated rings. The minimum atomic E-state index is 0.0482. The van der Waals surface area contributed by atoms with Gasteiger partial charge in [0, 0.05) is 32.2 Å². The van der Waals surface area contributed by atoms with Crippen molar-refractivity contribution < 1.29 is 0 Å². The van der Waals surface area contributed by atoms with Gasteiger partial charge in [-0.05, 0) is 62.8 Å². The molecule has 0 bridgehead atoms. The van der Waals surface area contributed by atoms with E-state index in [0.29, 0.717) is 12.6 Å². The average molecular weight is 421 g/mol. The molecule has 3 heterocycles. The molecule has 1 N–H and O–H groups in total. The summed E-state index contributed by atoms with van der Waals surface area (Å²) in [7, 11) is 2.06. The normalized spacial score (nSPS) is 19.5. The molecule has 0 saturated carbocycles. The lowest BCUT2D eigenvalue weighted by Gasteiger charge is -2.36. The number of para-hydroxylation sites is 2. The van der Waals surface area contributed by atoms with Crippen molar-refractivity contribution in [3.63, 3.8) is 0 Å². The van der Waals surface area contributed by atoms with Gasteiger partial charge < -0.3 is 9.88 Å². The lowest BCUT2D eigenvalue weighted by molar-refractivity contribution is 0.147. The molecule has 5 rings (SSSR count). The van der Waals surface area contributed by atoms with Gasteiger partial charge in [-0.3, -0.25) is 9.69 Å². The fourth-order valence-electron chi connectivity index (χ4n) is 5.08. The largest absolute Gasteiger partial charge is 0.354 e. The fraction of sp³-hybridized carbons (Fsp3) is 0.542. The molecule has 1 aromatic carbocycles. The molecule has 1 aliphatic heterocycles. The summed E-state index contributed by atoms with van der Waals surface area (Å²) < 4.78 is 3.81. The van der Waals surface area contributed by atoms with E-state index in [9.17, 15) is 4.79 Å². The summed E-state index contributed by atoms with van der Waals surface area (Å²) >= 11 is 0. The predicted molar refractivity (Wildman–Crippen MR) is 124 cm³/mol. The van der Waals surface area contributed by atoms with E-state index in [1.54, 1.807) is 4.68 Å². The number of benzene rings is 1. The van der Waals surface area contributed by atoms with Crippen LogP contribution in [-0.4, -0.2) is 49.9 Å². The van der Waals surface area contributed by atoms with Crippen molar-refractivity contribution >= 4 is 17.0 Å². The molecule has 7 heteroatoms. The molecule has 7 nitrogen and oxygen atoms in total. The van der Waals surface area contributed by atoms with Crippen LogP contribution in [0.4, 0.5) is 5.95 Å². The van der Waals surface area contributed by atoms with Gasteiger partial charge in [0.1, 0.15) is 0 Å². The maximum Gasteiger partial charge on any atom is 0.267 e. The first-order chi connectivity index (χ1) is 15.2. The van der Waals surface area contributed by atoms with Crippen molar-refractivity contribution in [2.24, 2.45) is 7.05 Å². The summed E-state index contributed by atoms with van der Waals surface area (Å²) in [6.45, 7) is 3.47. The highest BCUT2D eigenvalue weighted by atomic mass is 16.1. The third kappa shape index (κ3) is 4.24. The Morgan fingerprint density at radius 3 is 2.87 bits per heavy atom. The van der Waals surface area contributed by atoms with Crippen LogP contribution in [0.2, 0.25) is 0 Å². The number of rotatable bonds is 6. The molecule has 2 aromatic heterocycles. The van der Waals surface area contributed by atoms with Crippen LogP contribution in [0.15, 0.2) is 35.1 Å². The minimum Gasteiger partial charge on any atom is -0.354 e. The first-order valence-electron chi connectivity index (χ1n) is 11.7. The van der Waals surface area contributed by atoms with Crippen LogP contribution in [0, 0.1) is 0 Å². The quantitative estimate of drug-likeness (QED) is 0.664. The average Bonchev–Trinajstić information content (AvgIpc) is 3.12. The van der Waals surface area contributed by atoms with Gasteiger partial charge in [-0.1, -0.05) is 18.6 Å². The summed E-state index contributed by atoms with van der Waals surface area (Å²) in [4.78, 5) is 19.8. The number of nitrogens with zero attached hydrogens (tertiary/aromatic N) is 5. The Morgan fingerprint density at radius 1 is 1.10 bits per heavy atom. The number of aromatic nitrogens is 4. The fourth-order valence-corrected chi connectivity index (χ4v) is 5.08. The Balaban J connectivity index is 1.24. The van der Waals surface area contributed by atoms with Gasteiger partial charge in [0.2, 0.25) is 5.95 Å². The maximum absolute atomic E-state index is 12.5. The number of likely N-dealkylation sites (tertiary alicyclic amines) is 1. The monoisotopic (exact) mass is 420 g/mol. The van der Waals surface area contributed by atoms with Crippen molar-refractivity contribution in [3.05, 3.63) is 51.9 Å². The Hall–Kier alpha value is -2.67. The molecule has 2 aliphatic rings. The van der Waals surface area contributed by atoms with E-state index in [4.69, 9.17) is 10.1 Å². The Labute approximate surface area is 183 Å². The van der Waals surface area contributed by atoms with Crippen molar-refractivity contribution in [1.29, 1.82) is 0 Å². The van der Waals surface area contributed by atoms with Gasteiger partial charge in [0.15, 0.2) is 0 Å². The standard InChI is InChI=1S/C24H32N6O/c1-28-22-12-5-4-11-21(22)26-24(28)25-17-19-9-6-7-13-29(19)14-15-30-23(31)16-18-8-2-3-10-20(18)27-30/h4-5,11-12,16,19H,2-3,6-10,13-15,17H2,1H3,(H,25,26). The zero-order valence-electron chi connectivity index (χ0n) is 18.4. The second-order valence-electron chi connectivity index (χ2n) is 8.93. The van der Waals surface area contributed by atoms with Crippen molar-refractivity contribution in [2.45, 2.75) is 57.5 Å². The molecule has 164 valence electrons. The number of imidazole rings is 1. The number of anilines is 1.